The van der Waals surface area contributed by atoms with Gasteiger partial charge < -0.3 is 4.74 Å². The van der Waals surface area contributed by atoms with E-state index in [-0.39, 0.29) is 0 Å². The molecule has 82 valence electrons. The average molecular weight is 217 g/mol. The molecule has 1 amide bonds. The second-order valence-electron chi connectivity index (χ2n) is 2.82. The van der Waals surface area contributed by atoms with E-state index in [1.54, 1.807) is 31.2 Å². The first kappa shape index (κ1) is 11.7. The Balaban J connectivity index is 2.50. The van der Waals surface area contributed by atoms with Gasteiger partial charge in [-0.25, -0.2) is 10.2 Å². The number of ether oxygens (including phenoxy) is 1. The number of hydrogen-bond donors (Lipinski definition) is 1. The molecule has 0 aliphatic rings. The number of nitrogens with one attached hydrogen (secondary N) is 1. The Labute approximate surface area is 93.3 Å². The van der Waals surface area contributed by atoms with E-state index in [9.17, 15) is 4.79 Å². The molecule has 1 rings (SSSR count). The summed E-state index contributed by atoms with van der Waals surface area (Å²) in [7, 11) is 0. The molecular formula is C11H11N3O2. The number of nitriles is 1. The number of carbonyl (C=O) groups is 1. The number of nitrogens with zero attached hydrogens (tertiary/aromatic N) is 2. The highest BCUT2D eigenvalue weighted by Crippen LogP contribution is 2.00. The lowest BCUT2D eigenvalue weighted by Gasteiger charge is -1.98. The van der Waals surface area contributed by atoms with Crippen LogP contribution in [0.3, 0.4) is 0 Å². The average Bonchev–Trinajstić information content (AvgIpc) is 2.30. The van der Waals surface area contributed by atoms with Crippen LogP contribution < -0.4 is 5.43 Å². The molecule has 0 atom stereocenters. The predicted octanol–water partition coefficient (Wildman–Crippen LogP) is 1.64. The fourth-order valence-electron chi connectivity index (χ4n) is 0.967. The lowest BCUT2D eigenvalue weighted by molar-refractivity contribution is 0.152. The molecule has 1 aromatic rings. The van der Waals surface area contributed by atoms with Crippen LogP contribution in [-0.2, 0) is 4.74 Å². The van der Waals surface area contributed by atoms with E-state index in [1.807, 2.05) is 6.07 Å². The summed E-state index contributed by atoms with van der Waals surface area (Å²) in [6.07, 6.45) is 0.880. The van der Waals surface area contributed by atoms with Gasteiger partial charge in [-0.3, -0.25) is 0 Å². The molecule has 0 saturated carbocycles. The van der Waals surface area contributed by atoms with Gasteiger partial charge in [0.05, 0.1) is 24.5 Å². The number of rotatable bonds is 3. The minimum Gasteiger partial charge on any atom is -0.449 e. The molecule has 0 radical (unpaired) electrons. The van der Waals surface area contributed by atoms with Gasteiger partial charge in [-0.2, -0.15) is 10.4 Å². The number of hydrogen-bond acceptors (Lipinski definition) is 4. The van der Waals surface area contributed by atoms with Gasteiger partial charge >= 0.3 is 6.09 Å². The monoisotopic (exact) mass is 217 g/mol. The maximum atomic E-state index is 10.8. The third-order valence-electron chi connectivity index (χ3n) is 1.68. The Hall–Kier alpha value is -2.35. The van der Waals surface area contributed by atoms with Crippen LogP contribution in [0.1, 0.15) is 18.1 Å². The van der Waals surface area contributed by atoms with E-state index >= 15 is 0 Å². The largest absolute Gasteiger partial charge is 0.449 e. The number of hydrazone groups is 1. The molecule has 0 heterocycles. The van der Waals surface area contributed by atoms with E-state index < -0.39 is 6.09 Å². The third-order valence-corrected chi connectivity index (χ3v) is 1.68. The first-order chi connectivity index (χ1) is 7.76. The van der Waals surface area contributed by atoms with Crippen molar-refractivity contribution in [3.05, 3.63) is 35.4 Å². The van der Waals surface area contributed by atoms with E-state index in [0.29, 0.717) is 12.2 Å². The summed E-state index contributed by atoms with van der Waals surface area (Å²) in [6, 6.07) is 8.82. The Morgan fingerprint density at radius 3 is 2.81 bits per heavy atom. The molecule has 5 heteroatoms. The molecule has 0 aliphatic heterocycles. The van der Waals surface area contributed by atoms with Crippen molar-refractivity contribution in [3.63, 3.8) is 0 Å². The van der Waals surface area contributed by atoms with Crippen molar-refractivity contribution in [2.45, 2.75) is 6.92 Å². The zero-order valence-corrected chi connectivity index (χ0v) is 8.80. The standard InChI is InChI=1S/C11H11N3O2/c1-2-16-11(15)14-13-8-10-5-3-9(7-12)4-6-10/h3-6,8H,2H2,1H3,(H,14,15). The van der Waals surface area contributed by atoms with Crippen molar-refractivity contribution in [1.82, 2.24) is 5.43 Å². The number of carbonyl (C=O) groups excluding carboxylic acids is 1. The maximum Gasteiger partial charge on any atom is 0.427 e. The number of benzene rings is 1. The van der Waals surface area contributed by atoms with Gasteiger partial charge in [0, 0.05) is 0 Å². The van der Waals surface area contributed by atoms with Crippen LogP contribution in [0, 0.1) is 11.3 Å². The minimum atomic E-state index is -0.590. The molecule has 0 spiro atoms. The molecule has 16 heavy (non-hydrogen) atoms. The van der Waals surface area contributed by atoms with Crippen LogP contribution in [-0.4, -0.2) is 18.9 Å². The minimum absolute atomic E-state index is 0.304. The van der Waals surface area contributed by atoms with E-state index in [2.05, 4.69) is 15.3 Å². The van der Waals surface area contributed by atoms with Crippen LogP contribution in [0.2, 0.25) is 0 Å². The van der Waals surface area contributed by atoms with Crippen LogP contribution >= 0.6 is 0 Å². The number of amides is 1. The summed E-state index contributed by atoms with van der Waals surface area (Å²) < 4.78 is 4.61. The molecule has 1 N–H and O–H groups in total. The summed E-state index contributed by atoms with van der Waals surface area (Å²) in [5.41, 5.74) is 3.57. The molecule has 0 unspecified atom stereocenters. The second-order valence-corrected chi connectivity index (χ2v) is 2.82. The summed E-state index contributed by atoms with van der Waals surface area (Å²) in [6.45, 7) is 2.02. The molecule has 5 nitrogen and oxygen atoms in total. The second kappa shape index (κ2) is 6.19. The van der Waals surface area contributed by atoms with Crippen LogP contribution in [0.15, 0.2) is 29.4 Å². The van der Waals surface area contributed by atoms with Crippen molar-refractivity contribution < 1.29 is 9.53 Å². The van der Waals surface area contributed by atoms with Gasteiger partial charge in [-0.15, -0.1) is 0 Å². The summed E-state index contributed by atoms with van der Waals surface area (Å²) in [5.74, 6) is 0. The first-order valence-corrected chi connectivity index (χ1v) is 4.72. The molecular weight excluding hydrogens is 206 g/mol. The van der Waals surface area contributed by atoms with Gasteiger partial charge in [0.2, 0.25) is 0 Å². The lowest BCUT2D eigenvalue weighted by Crippen LogP contribution is -2.18. The van der Waals surface area contributed by atoms with Crippen LogP contribution in [0.4, 0.5) is 4.79 Å². The third kappa shape index (κ3) is 3.80. The van der Waals surface area contributed by atoms with Gasteiger partial charge in [0.1, 0.15) is 0 Å². The highest BCUT2D eigenvalue weighted by molar-refractivity contribution is 5.80. The predicted molar refractivity (Wildman–Crippen MR) is 58.9 cm³/mol. The smallest absolute Gasteiger partial charge is 0.427 e. The van der Waals surface area contributed by atoms with Crippen molar-refractivity contribution in [2.75, 3.05) is 6.61 Å². The Morgan fingerprint density at radius 2 is 2.25 bits per heavy atom. The zero-order chi connectivity index (χ0) is 11.8. The van der Waals surface area contributed by atoms with Crippen molar-refractivity contribution in [2.24, 2.45) is 5.10 Å². The first-order valence-electron chi connectivity index (χ1n) is 4.72. The van der Waals surface area contributed by atoms with Crippen molar-refractivity contribution in [1.29, 1.82) is 5.26 Å². The summed E-state index contributed by atoms with van der Waals surface area (Å²) >= 11 is 0. The topological polar surface area (TPSA) is 74.5 Å². The Bertz CT molecular complexity index is 418. The molecule has 0 bridgehead atoms. The maximum absolute atomic E-state index is 10.8. The summed E-state index contributed by atoms with van der Waals surface area (Å²) in [4.78, 5) is 10.8. The van der Waals surface area contributed by atoms with Crippen molar-refractivity contribution >= 4 is 12.3 Å². The quantitative estimate of drug-likeness (QED) is 0.617. The van der Waals surface area contributed by atoms with Crippen LogP contribution in [0.25, 0.3) is 0 Å². The van der Waals surface area contributed by atoms with Crippen LogP contribution in [0.5, 0.6) is 0 Å². The fourth-order valence-corrected chi connectivity index (χ4v) is 0.967. The van der Waals surface area contributed by atoms with E-state index in [0.717, 1.165) is 5.56 Å². The highest BCUT2D eigenvalue weighted by Gasteiger charge is 1.95. The van der Waals surface area contributed by atoms with E-state index in [1.165, 1.54) is 6.21 Å². The highest BCUT2D eigenvalue weighted by atomic mass is 16.5. The molecule has 0 fully saturated rings. The molecule has 0 aliphatic carbocycles. The van der Waals surface area contributed by atoms with Gasteiger partial charge in [-0.1, -0.05) is 12.1 Å². The lowest BCUT2D eigenvalue weighted by atomic mass is 10.2. The molecule has 0 aromatic heterocycles. The van der Waals surface area contributed by atoms with Gasteiger partial charge in [0.25, 0.3) is 0 Å². The Kier molecular flexibility index (Phi) is 4.54. The summed E-state index contributed by atoms with van der Waals surface area (Å²) in [5, 5.41) is 12.3. The SMILES string of the molecule is CCOC(=O)NN=Cc1ccc(C#N)cc1. The molecule has 1 aromatic carbocycles. The van der Waals surface area contributed by atoms with Crippen molar-refractivity contribution in [3.8, 4) is 6.07 Å². The molecule has 0 saturated heterocycles. The Morgan fingerprint density at radius 1 is 1.56 bits per heavy atom. The van der Waals surface area contributed by atoms with Gasteiger partial charge in [0.15, 0.2) is 0 Å². The fraction of sp³-hybridized carbons (Fsp3) is 0.182. The van der Waals surface area contributed by atoms with E-state index in [4.69, 9.17) is 5.26 Å². The normalized spacial score (nSPS) is 9.75. The van der Waals surface area contributed by atoms with Gasteiger partial charge in [-0.05, 0) is 24.6 Å². The zero-order valence-electron chi connectivity index (χ0n) is 8.80.